The van der Waals surface area contributed by atoms with Crippen molar-refractivity contribution < 1.29 is 13.2 Å². The Morgan fingerprint density at radius 3 is 2.83 bits per heavy atom. The van der Waals surface area contributed by atoms with Gasteiger partial charge >= 0.3 is 0 Å². The van der Waals surface area contributed by atoms with E-state index in [-0.39, 0.29) is 29.2 Å². The monoisotopic (exact) mass is 461 g/mol. The fraction of sp³-hybridized carbons (Fsp3) is 0.333. The summed E-state index contributed by atoms with van der Waals surface area (Å²) in [6.07, 6.45) is 4.12. The van der Waals surface area contributed by atoms with Crippen LogP contribution in [0.25, 0.3) is 5.69 Å². The number of hydrogen-bond donors (Lipinski definition) is 0. The lowest BCUT2D eigenvalue weighted by Gasteiger charge is -2.27. The molecule has 2 aromatic heterocycles. The largest absolute Gasteiger partial charge is 0.333 e. The molecule has 1 amide bonds. The minimum atomic E-state index is -3.07. The number of benzene rings is 1. The number of nitrogens with zero attached hydrogens (tertiary/aromatic N) is 3. The van der Waals surface area contributed by atoms with Crippen molar-refractivity contribution in [2.24, 2.45) is 0 Å². The lowest BCUT2D eigenvalue weighted by atomic mass is 10.2. The highest BCUT2D eigenvalue weighted by Gasteiger charge is 2.34. The molecule has 1 atom stereocenters. The first-order valence-corrected chi connectivity index (χ1v) is 13.4. The van der Waals surface area contributed by atoms with E-state index >= 15 is 0 Å². The first-order chi connectivity index (χ1) is 14.4. The van der Waals surface area contributed by atoms with E-state index in [9.17, 15) is 13.2 Å². The molecule has 1 aromatic carbocycles. The molecule has 0 spiro atoms. The summed E-state index contributed by atoms with van der Waals surface area (Å²) in [5, 5.41) is 2.71. The van der Waals surface area contributed by atoms with E-state index in [2.05, 4.69) is 4.98 Å². The van der Waals surface area contributed by atoms with E-state index in [4.69, 9.17) is 0 Å². The van der Waals surface area contributed by atoms with Crippen molar-refractivity contribution in [1.82, 2.24) is 14.5 Å². The number of carbonyl (C=O) groups is 1. The molecule has 0 aliphatic carbocycles. The van der Waals surface area contributed by atoms with Crippen LogP contribution in [-0.2, 0) is 21.2 Å². The number of imidazole rings is 1. The Morgan fingerprint density at radius 1 is 1.30 bits per heavy atom. The highest BCUT2D eigenvalue weighted by atomic mass is 32.2. The van der Waals surface area contributed by atoms with Crippen molar-refractivity contribution >= 4 is 38.8 Å². The van der Waals surface area contributed by atoms with Crippen LogP contribution in [0.2, 0.25) is 0 Å². The summed E-state index contributed by atoms with van der Waals surface area (Å²) in [5.74, 6) is 0.351. The summed E-state index contributed by atoms with van der Waals surface area (Å²) in [7, 11) is -3.07. The maximum atomic E-state index is 13.2. The number of aromatic nitrogens is 2. The van der Waals surface area contributed by atoms with Crippen LogP contribution in [0.1, 0.15) is 16.9 Å². The van der Waals surface area contributed by atoms with Gasteiger partial charge in [0.2, 0.25) is 5.91 Å². The van der Waals surface area contributed by atoms with Crippen molar-refractivity contribution in [3.8, 4) is 5.69 Å². The fourth-order valence-corrected chi connectivity index (χ4v) is 6.92. The second-order valence-corrected chi connectivity index (χ2v) is 11.5. The highest BCUT2D eigenvalue weighted by molar-refractivity contribution is 7.99. The van der Waals surface area contributed by atoms with Crippen molar-refractivity contribution in [1.29, 1.82) is 0 Å². The van der Waals surface area contributed by atoms with Gasteiger partial charge in [0.25, 0.3) is 0 Å². The van der Waals surface area contributed by atoms with Crippen LogP contribution in [-0.4, -0.2) is 52.1 Å². The van der Waals surface area contributed by atoms with Gasteiger partial charge in [0, 0.05) is 23.3 Å². The van der Waals surface area contributed by atoms with Crippen LogP contribution in [0, 0.1) is 6.92 Å². The summed E-state index contributed by atoms with van der Waals surface area (Å²) >= 11 is 2.96. The number of thiophene rings is 1. The van der Waals surface area contributed by atoms with E-state index < -0.39 is 9.84 Å². The first kappa shape index (κ1) is 21.1. The number of rotatable bonds is 7. The van der Waals surface area contributed by atoms with Crippen LogP contribution in [0.3, 0.4) is 0 Å². The van der Waals surface area contributed by atoms with Crippen molar-refractivity contribution in [2.45, 2.75) is 31.1 Å². The highest BCUT2D eigenvalue weighted by Crippen LogP contribution is 2.26. The minimum absolute atomic E-state index is 0.0482. The standard InChI is InChI=1S/C21H23N3O3S3/c1-16-5-2-3-7-19(16)23-10-9-22-21(23)29-14-20(25)24(13-18-6-4-11-28-18)17-8-12-30(26,27)15-17/h2-7,9-11,17H,8,12-15H2,1H3. The molecule has 0 radical (unpaired) electrons. The molecule has 9 heteroatoms. The van der Waals surface area contributed by atoms with Crippen LogP contribution in [0.4, 0.5) is 0 Å². The Kier molecular flexibility index (Phi) is 6.31. The summed E-state index contributed by atoms with van der Waals surface area (Å²) in [5.41, 5.74) is 2.15. The molecule has 0 saturated carbocycles. The molecule has 3 heterocycles. The maximum Gasteiger partial charge on any atom is 0.233 e. The molecule has 1 aliphatic rings. The molecule has 30 heavy (non-hydrogen) atoms. The van der Waals surface area contributed by atoms with Gasteiger partial charge in [-0.3, -0.25) is 9.36 Å². The topological polar surface area (TPSA) is 72.3 Å². The van der Waals surface area contributed by atoms with Gasteiger partial charge in [-0.2, -0.15) is 0 Å². The summed E-state index contributed by atoms with van der Waals surface area (Å²) in [6, 6.07) is 11.7. The third kappa shape index (κ3) is 4.79. The van der Waals surface area contributed by atoms with Crippen LogP contribution < -0.4 is 0 Å². The zero-order valence-electron chi connectivity index (χ0n) is 16.6. The van der Waals surface area contributed by atoms with Crippen LogP contribution in [0.15, 0.2) is 59.3 Å². The molecule has 3 aromatic rings. The van der Waals surface area contributed by atoms with Crippen molar-refractivity contribution in [3.05, 3.63) is 64.6 Å². The predicted octanol–water partition coefficient (Wildman–Crippen LogP) is 3.55. The zero-order chi connectivity index (χ0) is 21.1. The minimum Gasteiger partial charge on any atom is -0.333 e. The molecule has 158 valence electrons. The number of amides is 1. The molecule has 4 rings (SSSR count). The van der Waals surface area contributed by atoms with E-state index in [0.717, 1.165) is 21.3 Å². The van der Waals surface area contributed by atoms with E-state index in [1.165, 1.54) is 11.8 Å². The Morgan fingerprint density at radius 2 is 2.13 bits per heavy atom. The number of carbonyl (C=O) groups excluding carboxylic acids is 1. The molecule has 1 saturated heterocycles. The van der Waals surface area contributed by atoms with Crippen molar-refractivity contribution in [2.75, 3.05) is 17.3 Å². The first-order valence-electron chi connectivity index (χ1n) is 9.67. The van der Waals surface area contributed by atoms with Gasteiger partial charge in [0.05, 0.1) is 29.5 Å². The summed E-state index contributed by atoms with van der Waals surface area (Å²) in [6.45, 7) is 2.49. The van der Waals surface area contributed by atoms with Crippen LogP contribution in [0.5, 0.6) is 0 Å². The van der Waals surface area contributed by atoms with E-state index in [0.29, 0.717) is 13.0 Å². The van der Waals surface area contributed by atoms with Gasteiger partial charge in [-0.15, -0.1) is 11.3 Å². The lowest BCUT2D eigenvalue weighted by Crippen LogP contribution is -2.41. The third-order valence-electron chi connectivity index (χ3n) is 5.18. The van der Waals surface area contributed by atoms with E-state index in [1.807, 2.05) is 59.5 Å². The Bertz CT molecular complexity index is 1120. The summed E-state index contributed by atoms with van der Waals surface area (Å²) < 4.78 is 26.0. The lowest BCUT2D eigenvalue weighted by molar-refractivity contribution is -0.130. The molecule has 6 nitrogen and oxygen atoms in total. The normalized spacial score (nSPS) is 17.8. The number of hydrogen-bond acceptors (Lipinski definition) is 6. The van der Waals surface area contributed by atoms with Gasteiger partial charge in [-0.25, -0.2) is 13.4 Å². The van der Waals surface area contributed by atoms with E-state index in [1.54, 1.807) is 22.4 Å². The Balaban J connectivity index is 1.50. The third-order valence-corrected chi connectivity index (χ3v) is 8.75. The number of aryl methyl sites for hydroxylation is 1. The second-order valence-electron chi connectivity index (χ2n) is 7.31. The van der Waals surface area contributed by atoms with Gasteiger partial charge in [-0.05, 0) is 36.4 Å². The average molecular weight is 462 g/mol. The smallest absolute Gasteiger partial charge is 0.233 e. The number of thioether (sulfide) groups is 1. The molecule has 1 aliphatic heterocycles. The molecular weight excluding hydrogens is 438 g/mol. The molecular formula is C21H23N3O3S3. The van der Waals surface area contributed by atoms with Gasteiger partial charge < -0.3 is 4.90 Å². The molecule has 0 bridgehead atoms. The zero-order valence-corrected chi connectivity index (χ0v) is 19.0. The summed E-state index contributed by atoms with van der Waals surface area (Å²) in [4.78, 5) is 20.4. The second kappa shape index (κ2) is 8.95. The number of para-hydroxylation sites is 1. The Labute approximate surface area is 184 Å². The Hall–Kier alpha value is -2.10. The van der Waals surface area contributed by atoms with Crippen molar-refractivity contribution in [3.63, 3.8) is 0 Å². The number of sulfone groups is 1. The maximum absolute atomic E-state index is 13.2. The van der Waals surface area contributed by atoms with Gasteiger partial charge in [-0.1, -0.05) is 36.0 Å². The molecule has 1 unspecified atom stereocenters. The van der Waals surface area contributed by atoms with Gasteiger partial charge in [0.15, 0.2) is 15.0 Å². The van der Waals surface area contributed by atoms with Gasteiger partial charge in [0.1, 0.15) is 0 Å². The average Bonchev–Trinajstić information content (AvgIpc) is 3.45. The fourth-order valence-electron chi connectivity index (χ4n) is 3.64. The molecule has 0 N–H and O–H groups in total. The predicted molar refractivity (Wildman–Crippen MR) is 121 cm³/mol. The quantitative estimate of drug-likeness (QED) is 0.503. The molecule has 1 fully saturated rings. The SMILES string of the molecule is Cc1ccccc1-n1ccnc1SCC(=O)N(Cc1cccs1)C1CCS(=O)(=O)C1. The van der Waals surface area contributed by atoms with Crippen LogP contribution >= 0.6 is 23.1 Å².